The Bertz CT molecular complexity index is 847. The normalized spacial score (nSPS) is 16.9. The van der Waals surface area contributed by atoms with Crippen LogP contribution in [0.3, 0.4) is 0 Å². The summed E-state index contributed by atoms with van der Waals surface area (Å²) in [6.07, 6.45) is 0. The highest BCUT2D eigenvalue weighted by molar-refractivity contribution is 7.92. The molecule has 0 aliphatic carbocycles. The molecule has 0 aromatic heterocycles. The fourth-order valence-electron chi connectivity index (χ4n) is 2.63. The van der Waals surface area contributed by atoms with E-state index in [1.807, 2.05) is 0 Å². The Morgan fingerprint density at radius 2 is 2.00 bits per heavy atom. The molecule has 2 aromatic rings. The SMILES string of the molecule is COc1ccc(S(=O)(=O)N2CC(C(N)=O)c3ccc[c]c32)cc1. The van der Waals surface area contributed by atoms with Crippen molar-refractivity contribution in [2.75, 3.05) is 18.0 Å². The average Bonchev–Trinajstić information content (AvgIpc) is 2.95. The number of primary amides is 1. The second kappa shape index (κ2) is 5.58. The van der Waals surface area contributed by atoms with E-state index in [1.54, 1.807) is 30.3 Å². The molecule has 3 rings (SSSR count). The van der Waals surface area contributed by atoms with Crippen LogP contribution in [0, 0.1) is 6.07 Å². The zero-order valence-electron chi connectivity index (χ0n) is 12.4. The van der Waals surface area contributed by atoms with Gasteiger partial charge in [0.25, 0.3) is 10.0 Å². The van der Waals surface area contributed by atoms with Crippen molar-refractivity contribution in [2.24, 2.45) is 5.73 Å². The molecule has 0 saturated heterocycles. The third-order valence-corrected chi connectivity index (χ3v) is 5.61. The Balaban J connectivity index is 2.05. The van der Waals surface area contributed by atoms with E-state index < -0.39 is 21.8 Å². The van der Waals surface area contributed by atoms with E-state index in [0.29, 0.717) is 17.0 Å². The van der Waals surface area contributed by atoms with Crippen LogP contribution in [0.5, 0.6) is 5.75 Å². The molecule has 2 aromatic carbocycles. The largest absolute Gasteiger partial charge is 0.497 e. The van der Waals surface area contributed by atoms with Crippen molar-refractivity contribution < 1.29 is 17.9 Å². The molecule has 23 heavy (non-hydrogen) atoms. The van der Waals surface area contributed by atoms with Gasteiger partial charge < -0.3 is 10.5 Å². The first kappa shape index (κ1) is 15.4. The van der Waals surface area contributed by atoms with Crippen LogP contribution in [-0.4, -0.2) is 28.0 Å². The summed E-state index contributed by atoms with van der Waals surface area (Å²) in [5.74, 6) is -0.666. The molecule has 1 aliphatic rings. The lowest BCUT2D eigenvalue weighted by Gasteiger charge is -2.19. The van der Waals surface area contributed by atoms with Crippen LogP contribution in [-0.2, 0) is 14.8 Å². The molecule has 1 unspecified atom stereocenters. The van der Waals surface area contributed by atoms with Gasteiger partial charge in [-0.2, -0.15) is 0 Å². The summed E-state index contributed by atoms with van der Waals surface area (Å²) in [6.45, 7) is -0.0143. The first-order valence-corrected chi connectivity index (χ1v) is 8.36. The van der Waals surface area contributed by atoms with E-state index >= 15 is 0 Å². The van der Waals surface area contributed by atoms with Gasteiger partial charge in [-0.15, -0.1) is 0 Å². The van der Waals surface area contributed by atoms with Crippen molar-refractivity contribution in [3.63, 3.8) is 0 Å². The first-order chi connectivity index (χ1) is 10.9. The number of amides is 1. The predicted octanol–water partition coefficient (Wildman–Crippen LogP) is 1.27. The van der Waals surface area contributed by atoms with Crippen LogP contribution in [0.15, 0.2) is 47.4 Å². The number of sulfonamides is 1. The summed E-state index contributed by atoms with van der Waals surface area (Å²) in [5, 5.41) is 0. The van der Waals surface area contributed by atoms with E-state index in [1.165, 1.54) is 23.5 Å². The van der Waals surface area contributed by atoms with Crippen LogP contribution in [0.1, 0.15) is 11.5 Å². The summed E-state index contributed by atoms with van der Waals surface area (Å²) in [5.41, 5.74) is 6.35. The number of carbonyl (C=O) groups is 1. The molecule has 0 bridgehead atoms. The van der Waals surface area contributed by atoms with E-state index in [0.717, 1.165) is 0 Å². The minimum absolute atomic E-state index is 0.0143. The van der Waals surface area contributed by atoms with E-state index in [-0.39, 0.29) is 11.4 Å². The highest BCUT2D eigenvalue weighted by Crippen LogP contribution is 2.39. The second-order valence-corrected chi connectivity index (χ2v) is 7.00. The zero-order valence-corrected chi connectivity index (χ0v) is 13.2. The summed E-state index contributed by atoms with van der Waals surface area (Å²) < 4.78 is 32.0. The van der Waals surface area contributed by atoms with Crippen molar-refractivity contribution in [1.29, 1.82) is 0 Å². The molecular weight excluding hydrogens is 316 g/mol. The van der Waals surface area contributed by atoms with Gasteiger partial charge in [-0.05, 0) is 29.8 Å². The monoisotopic (exact) mass is 331 g/mol. The van der Waals surface area contributed by atoms with Gasteiger partial charge in [0.2, 0.25) is 5.91 Å². The number of benzene rings is 2. The third kappa shape index (κ3) is 2.53. The maximum Gasteiger partial charge on any atom is 0.264 e. The van der Waals surface area contributed by atoms with E-state index in [9.17, 15) is 13.2 Å². The number of fused-ring (bicyclic) bond motifs is 1. The standard InChI is InChI=1S/C16H15N2O4S/c1-22-11-6-8-12(9-7-11)23(20,21)18-10-14(16(17)19)13-4-2-3-5-15(13)18/h2-4,6-9,14H,10H2,1H3,(H2,17,19). The highest BCUT2D eigenvalue weighted by Gasteiger charge is 2.38. The number of nitrogens with two attached hydrogens (primary N) is 1. The average molecular weight is 331 g/mol. The number of para-hydroxylation sites is 1. The van der Waals surface area contributed by atoms with Crippen LogP contribution < -0.4 is 14.8 Å². The molecule has 119 valence electrons. The van der Waals surface area contributed by atoms with Crippen molar-refractivity contribution >= 4 is 21.6 Å². The zero-order chi connectivity index (χ0) is 16.6. The number of carbonyl (C=O) groups excluding carboxylic acids is 1. The summed E-state index contributed by atoms with van der Waals surface area (Å²) in [6, 6.07) is 14.0. The van der Waals surface area contributed by atoms with Crippen LogP contribution in [0.2, 0.25) is 0 Å². The first-order valence-electron chi connectivity index (χ1n) is 6.92. The lowest BCUT2D eigenvalue weighted by molar-refractivity contribution is -0.119. The molecular formula is C16H15N2O4S. The smallest absolute Gasteiger partial charge is 0.264 e. The maximum atomic E-state index is 12.9. The Kier molecular flexibility index (Phi) is 3.73. The summed E-state index contributed by atoms with van der Waals surface area (Å²) >= 11 is 0. The number of hydrogen-bond donors (Lipinski definition) is 1. The molecule has 1 aliphatic heterocycles. The fourth-order valence-corrected chi connectivity index (χ4v) is 4.11. The van der Waals surface area contributed by atoms with Gasteiger partial charge in [0.05, 0.1) is 30.2 Å². The molecule has 2 N–H and O–H groups in total. The Labute approximate surface area is 134 Å². The van der Waals surface area contributed by atoms with Crippen molar-refractivity contribution in [2.45, 2.75) is 10.8 Å². The molecule has 1 heterocycles. The molecule has 7 heteroatoms. The predicted molar refractivity (Wildman–Crippen MR) is 84.7 cm³/mol. The summed E-state index contributed by atoms with van der Waals surface area (Å²) in [7, 11) is -2.30. The van der Waals surface area contributed by atoms with Crippen molar-refractivity contribution in [1.82, 2.24) is 0 Å². The van der Waals surface area contributed by atoms with Crippen molar-refractivity contribution in [3.05, 3.63) is 54.1 Å². The van der Waals surface area contributed by atoms with E-state index in [4.69, 9.17) is 10.5 Å². The van der Waals surface area contributed by atoms with Crippen LogP contribution >= 0.6 is 0 Å². The number of hydrogen-bond acceptors (Lipinski definition) is 4. The minimum atomic E-state index is -3.80. The van der Waals surface area contributed by atoms with Gasteiger partial charge >= 0.3 is 0 Å². The number of ether oxygens (including phenoxy) is 1. The van der Waals surface area contributed by atoms with Crippen LogP contribution in [0.4, 0.5) is 5.69 Å². The molecule has 1 atom stereocenters. The Hall–Kier alpha value is -2.54. The number of methoxy groups -OCH3 is 1. The van der Waals surface area contributed by atoms with E-state index in [2.05, 4.69) is 6.07 Å². The minimum Gasteiger partial charge on any atom is -0.497 e. The van der Waals surface area contributed by atoms with Gasteiger partial charge in [0.15, 0.2) is 0 Å². The second-order valence-electron chi connectivity index (χ2n) is 5.14. The molecule has 0 spiro atoms. The molecule has 6 nitrogen and oxygen atoms in total. The lowest BCUT2D eigenvalue weighted by Crippen LogP contribution is -2.33. The molecule has 0 saturated carbocycles. The molecule has 1 amide bonds. The molecule has 1 radical (unpaired) electrons. The Morgan fingerprint density at radius 1 is 1.30 bits per heavy atom. The maximum absolute atomic E-state index is 12.9. The summed E-state index contributed by atoms with van der Waals surface area (Å²) in [4.78, 5) is 11.7. The van der Waals surface area contributed by atoms with Crippen LogP contribution in [0.25, 0.3) is 0 Å². The van der Waals surface area contributed by atoms with Crippen molar-refractivity contribution in [3.8, 4) is 5.75 Å². The third-order valence-electron chi connectivity index (χ3n) is 3.83. The highest BCUT2D eigenvalue weighted by atomic mass is 32.2. The lowest BCUT2D eigenvalue weighted by atomic mass is 10.0. The Morgan fingerprint density at radius 3 is 2.61 bits per heavy atom. The van der Waals surface area contributed by atoms with Gasteiger partial charge in [-0.3, -0.25) is 9.10 Å². The number of nitrogens with zero attached hydrogens (tertiary/aromatic N) is 1. The van der Waals surface area contributed by atoms with Gasteiger partial charge in [0.1, 0.15) is 5.75 Å². The fraction of sp³-hybridized carbons (Fsp3) is 0.188. The topological polar surface area (TPSA) is 89.7 Å². The van der Waals surface area contributed by atoms with Gasteiger partial charge in [-0.25, -0.2) is 8.42 Å². The number of rotatable bonds is 4. The van der Waals surface area contributed by atoms with Gasteiger partial charge in [0, 0.05) is 6.07 Å². The quantitative estimate of drug-likeness (QED) is 0.913. The van der Waals surface area contributed by atoms with Gasteiger partial charge in [-0.1, -0.05) is 18.2 Å². The number of anilines is 1. The molecule has 0 fully saturated rings.